The summed E-state index contributed by atoms with van der Waals surface area (Å²) in [6.07, 6.45) is 2.76. The molecule has 1 atom stereocenters. The van der Waals surface area contributed by atoms with Gasteiger partial charge in [-0.2, -0.15) is 0 Å². The number of rotatable bonds is 5. The molecule has 1 aromatic carbocycles. The second-order valence-electron chi connectivity index (χ2n) is 7.12. The molecule has 0 aromatic heterocycles. The number of likely N-dealkylation sites (tertiary alicyclic amines) is 1. The summed E-state index contributed by atoms with van der Waals surface area (Å²) in [6.45, 7) is 9.34. The van der Waals surface area contributed by atoms with E-state index in [-0.39, 0.29) is 0 Å². The molecule has 0 bridgehead atoms. The van der Waals surface area contributed by atoms with Crippen molar-refractivity contribution in [1.82, 2.24) is 9.80 Å². The standard InChI is InChI=1S/C19H30N2O/c1-15(2)13-20(4)18-8-9-19(22)21(11-10-18)14-17-7-5-6-16(3)12-17/h5-7,12,15,18H,8-11,13-14H2,1-4H3. The topological polar surface area (TPSA) is 23.6 Å². The molecule has 0 N–H and O–H groups in total. The molecule has 1 aromatic rings. The summed E-state index contributed by atoms with van der Waals surface area (Å²) in [4.78, 5) is 16.9. The number of benzene rings is 1. The van der Waals surface area contributed by atoms with E-state index in [2.05, 4.69) is 57.0 Å². The van der Waals surface area contributed by atoms with Crippen LogP contribution in [0.25, 0.3) is 0 Å². The summed E-state index contributed by atoms with van der Waals surface area (Å²) >= 11 is 0. The van der Waals surface area contributed by atoms with Crippen molar-refractivity contribution in [2.45, 2.75) is 52.6 Å². The van der Waals surface area contributed by atoms with Crippen LogP contribution in [0.4, 0.5) is 0 Å². The first-order chi connectivity index (χ1) is 10.5. The van der Waals surface area contributed by atoms with Crippen molar-refractivity contribution in [3.63, 3.8) is 0 Å². The van der Waals surface area contributed by atoms with Gasteiger partial charge in [0.2, 0.25) is 5.91 Å². The molecule has 0 spiro atoms. The maximum Gasteiger partial charge on any atom is 0.222 e. The molecule has 1 aliphatic heterocycles. The summed E-state index contributed by atoms with van der Waals surface area (Å²) in [5.41, 5.74) is 2.50. The molecular formula is C19H30N2O. The number of nitrogens with zero attached hydrogens (tertiary/aromatic N) is 2. The van der Waals surface area contributed by atoms with Crippen LogP contribution in [0.5, 0.6) is 0 Å². The maximum absolute atomic E-state index is 12.4. The van der Waals surface area contributed by atoms with Gasteiger partial charge >= 0.3 is 0 Å². The van der Waals surface area contributed by atoms with Crippen molar-refractivity contribution in [3.05, 3.63) is 35.4 Å². The summed E-state index contributed by atoms with van der Waals surface area (Å²) in [7, 11) is 2.20. The van der Waals surface area contributed by atoms with Gasteiger partial charge in [-0.1, -0.05) is 43.7 Å². The SMILES string of the molecule is Cc1cccc(CN2CCC(N(C)CC(C)C)CCC2=O)c1. The lowest BCUT2D eigenvalue weighted by Crippen LogP contribution is -2.35. The number of hydrogen-bond donors (Lipinski definition) is 0. The average molecular weight is 302 g/mol. The average Bonchev–Trinajstić information content (AvgIpc) is 2.61. The van der Waals surface area contributed by atoms with Crippen molar-refractivity contribution < 1.29 is 4.79 Å². The molecule has 0 saturated carbocycles. The second kappa shape index (κ2) is 7.77. The van der Waals surface area contributed by atoms with E-state index in [0.29, 0.717) is 24.3 Å². The molecule has 122 valence electrons. The lowest BCUT2D eigenvalue weighted by molar-refractivity contribution is -0.131. The normalized spacial score (nSPS) is 19.8. The Balaban J connectivity index is 1.96. The minimum Gasteiger partial charge on any atom is -0.338 e. The molecule has 1 fully saturated rings. The van der Waals surface area contributed by atoms with Crippen LogP contribution in [0.3, 0.4) is 0 Å². The molecule has 2 rings (SSSR count). The Morgan fingerprint density at radius 1 is 1.32 bits per heavy atom. The predicted octanol–water partition coefficient (Wildman–Crippen LogP) is 3.46. The summed E-state index contributed by atoms with van der Waals surface area (Å²) < 4.78 is 0. The van der Waals surface area contributed by atoms with Gasteiger partial charge in [-0.05, 0) is 38.3 Å². The molecule has 1 unspecified atom stereocenters. The lowest BCUT2D eigenvalue weighted by atomic mass is 10.1. The Kier molecular flexibility index (Phi) is 6.01. The van der Waals surface area contributed by atoms with E-state index in [4.69, 9.17) is 0 Å². The Morgan fingerprint density at radius 2 is 2.09 bits per heavy atom. The highest BCUT2D eigenvalue weighted by molar-refractivity contribution is 5.76. The molecule has 1 heterocycles. The number of hydrogen-bond acceptors (Lipinski definition) is 2. The predicted molar refractivity (Wildman–Crippen MR) is 91.7 cm³/mol. The van der Waals surface area contributed by atoms with Gasteiger partial charge in [0.25, 0.3) is 0 Å². The van der Waals surface area contributed by atoms with Crippen LogP contribution in [0.15, 0.2) is 24.3 Å². The monoisotopic (exact) mass is 302 g/mol. The number of amides is 1. The van der Waals surface area contributed by atoms with Crippen LogP contribution in [-0.2, 0) is 11.3 Å². The highest BCUT2D eigenvalue weighted by Crippen LogP contribution is 2.19. The Bertz CT molecular complexity index is 498. The zero-order valence-electron chi connectivity index (χ0n) is 14.5. The van der Waals surface area contributed by atoms with Crippen molar-refractivity contribution in [2.24, 2.45) is 5.92 Å². The van der Waals surface area contributed by atoms with Crippen LogP contribution >= 0.6 is 0 Å². The molecule has 1 aliphatic rings. The molecule has 1 amide bonds. The molecule has 22 heavy (non-hydrogen) atoms. The van der Waals surface area contributed by atoms with Crippen LogP contribution < -0.4 is 0 Å². The molecular weight excluding hydrogens is 272 g/mol. The molecule has 3 nitrogen and oxygen atoms in total. The first-order valence-electron chi connectivity index (χ1n) is 8.49. The van der Waals surface area contributed by atoms with E-state index in [0.717, 1.165) is 32.5 Å². The van der Waals surface area contributed by atoms with Gasteiger partial charge < -0.3 is 9.80 Å². The zero-order valence-corrected chi connectivity index (χ0v) is 14.5. The summed E-state index contributed by atoms with van der Waals surface area (Å²) in [5, 5.41) is 0. The van der Waals surface area contributed by atoms with Gasteiger partial charge in [0.15, 0.2) is 0 Å². The van der Waals surface area contributed by atoms with Gasteiger partial charge in [0, 0.05) is 32.1 Å². The minimum absolute atomic E-state index is 0.307. The smallest absolute Gasteiger partial charge is 0.222 e. The van der Waals surface area contributed by atoms with E-state index < -0.39 is 0 Å². The zero-order chi connectivity index (χ0) is 16.1. The van der Waals surface area contributed by atoms with E-state index in [9.17, 15) is 4.79 Å². The first-order valence-corrected chi connectivity index (χ1v) is 8.49. The maximum atomic E-state index is 12.4. The van der Waals surface area contributed by atoms with Gasteiger partial charge in [-0.3, -0.25) is 4.79 Å². The summed E-state index contributed by atoms with van der Waals surface area (Å²) in [5.74, 6) is 0.981. The van der Waals surface area contributed by atoms with E-state index >= 15 is 0 Å². The number of carbonyl (C=O) groups is 1. The van der Waals surface area contributed by atoms with Crippen molar-refractivity contribution in [2.75, 3.05) is 20.1 Å². The van der Waals surface area contributed by atoms with E-state index in [1.165, 1.54) is 11.1 Å². The van der Waals surface area contributed by atoms with Crippen molar-refractivity contribution in [3.8, 4) is 0 Å². The third-order valence-corrected chi connectivity index (χ3v) is 4.51. The number of carbonyl (C=O) groups excluding carboxylic acids is 1. The Labute approximate surface area is 135 Å². The van der Waals surface area contributed by atoms with Crippen LogP contribution in [0.2, 0.25) is 0 Å². The van der Waals surface area contributed by atoms with Gasteiger partial charge in [0.05, 0.1) is 0 Å². The quantitative estimate of drug-likeness (QED) is 0.831. The van der Waals surface area contributed by atoms with Crippen molar-refractivity contribution >= 4 is 5.91 Å². The fraction of sp³-hybridized carbons (Fsp3) is 0.632. The van der Waals surface area contributed by atoms with Gasteiger partial charge in [-0.25, -0.2) is 0 Å². The Hall–Kier alpha value is -1.35. The Morgan fingerprint density at radius 3 is 2.77 bits per heavy atom. The number of aryl methyl sites for hydroxylation is 1. The highest BCUT2D eigenvalue weighted by Gasteiger charge is 2.25. The molecule has 0 radical (unpaired) electrons. The lowest BCUT2D eigenvalue weighted by Gasteiger charge is -2.28. The third-order valence-electron chi connectivity index (χ3n) is 4.51. The second-order valence-corrected chi connectivity index (χ2v) is 7.12. The van der Waals surface area contributed by atoms with Crippen LogP contribution in [0.1, 0.15) is 44.2 Å². The fourth-order valence-electron chi connectivity index (χ4n) is 3.39. The fourth-order valence-corrected chi connectivity index (χ4v) is 3.39. The highest BCUT2D eigenvalue weighted by atomic mass is 16.2. The first kappa shape index (κ1) is 17.0. The molecule has 0 aliphatic carbocycles. The minimum atomic E-state index is 0.307. The van der Waals surface area contributed by atoms with Crippen molar-refractivity contribution in [1.29, 1.82) is 0 Å². The largest absolute Gasteiger partial charge is 0.338 e. The van der Waals surface area contributed by atoms with Gasteiger partial charge in [-0.15, -0.1) is 0 Å². The molecule has 1 saturated heterocycles. The van der Waals surface area contributed by atoms with E-state index in [1.807, 2.05) is 4.90 Å². The van der Waals surface area contributed by atoms with Crippen LogP contribution in [0, 0.1) is 12.8 Å². The van der Waals surface area contributed by atoms with Gasteiger partial charge in [0.1, 0.15) is 0 Å². The van der Waals surface area contributed by atoms with Crippen LogP contribution in [-0.4, -0.2) is 41.9 Å². The third kappa shape index (κ3) is 4.84. The van der Waals surface area contributed by atoms with E-state index in [1.54, 1.807) is 0 Å². The molecule has 3 heteroatoms. The summed E-state index contributed by atoms with van der Waals surface area (Å²) in [6, 6.07) is 9.01.